The number of oxazole rings is 1. The number of aromatic nitrogens is 1. The van der Waals surface area contributed by atoms with Crippen molar-refractivity contribution in [1.29, 1.82) is 5.26 Å². The molecule has 0 fully saturated rings. The Labute approximate surface area is 110 Å². The van der Waals surface area contributed by atoms with Gasteiger partial charge >= 0.3 is 0 Å². The topological polar surface area (TPSA) is 78.9 Å². The summed E-state index contributed by atoms with van der Waals surface area (Å²) in [6, 6.07) is 9.52. The zero-order valence-corrected chi connectivity index (χ0v) is 10.7. The maximum atomic E-state index is 11.8. The average Bonchev–Trinajstić information content (AvgIpc) is 2.78. The minimum atomic E-state index is -0.401. The van der Waals surface area contributed by atoms with Crippen LogP contribution >= 0.6 is 0 Å². The fraction of sp³-hybridized carbons (Fsp3) is 0.214. The number of aryl methyl sites for hydroxylation is 2. The lowest BCUT2D eigenvalue weighted by Crippen LogP contribution is -2.24. The largest absolute Gasteiger partial charge is 0.441 e. The molecule has 96 valence electrons. The molecule has 1 N–H and O–H groups in total. The molecule has 2 aromatic rings. The van der Waals surface area contributed by atoms with Crippen molar-refractivity contribution in [2.75, 3.05) is 6.54 Å². The minimum absolute atomic E-state index is 0.0507. The summed E-state index contributed by atoms with van der Waals surface area (Å²) in [6.07, 6.45) is 0. The zero-order valence-electron chi connectivity index (χ0n) is 10.7. The van der Waals surface area contributed by atoms with Crippen LogP contribution in [-0.4, -0.2) is 17.4 Å². The fourth-order valence-corrected chi connectivity index (χ4v) is 1.71. The van der Waals surface area contributed by atoms with Gasteiger partial charge in [-0.3, -0.25) is 4.79 Å². The van der Waals surface area contributed by atoms with Crippen LogP contribution < -0.4 is 5.32 Å². The third-order valence-electron chi connectivity index (χ3n) is 2.60. The molecule has 1 aromatic heterocycles. The molecule has 0 aliphatic carbocycles. The molecule has 5 heteroatoms. The van der Waals surface area contributed by atoms with Crippen molar-refractivity contribution in [3.05, 3.63) is 41.3 Å². The van der Waals surface area contributed by atoms with E-state index in [1.807, 2.05) is 37.3 Å². The summed E-state index contributed by atoms with van der Waals surface area (Å²) in [5.74, 6) is 0.442. The Kier molecular flexibility index (Phi) is 3.62. The van der Waals surface area contributed by atoms with E-state index in [0.717, 1.165) is 11.1 Å². The highest BCUT2D eigenvalue weighted by Gasteiger charge is 2.17. The van der Waals surface area contributed by atoms with Gasteiger partial charge in [-0.1, -0.05) is 17.7 Å². The van der Waals surface area contributed by atoms with Gasteiger partial charge in [0.05, 0.1) is 6.07 Å². The Morgan fingerprint density at radius 3 is 2.95 bits per heavy atom. The first-order valence-electron chi connectivity index (χ1n) is 5.81. The Bertz CT molecular complexity index is 653. The number of benzene rings is 1. The van der Waals surface area contributed by atoms with Crippen molar-refractivity contribution in [1.82, 2.24) is 10.3 Å². The van der Waals surface area contributed by atoms with Gasteiger partial charge in [0.15, 0.2) is 5.69 Å². The molecular weight excluding hydrogens is 242 g/mol. The van der Waals surface area contributed by atoms with Gasteiger partial charge in [0, 0.05) is 5.56 Å². The number of rotatable bonds is 3. The van der Waals surface area contributed by atoms with Gasteiger partial charge in [-0.2, -0.15) is 5.26 Å². The van der Waals surface area contributed by atoms with Crippen LogP contribution in [0.1, 0.15) is 21.8 Å². The van der Waals surface area contributed by atoms with Crippen LogP contribution in [0.3, 0.4) is 0 Å². The van der Waals surface area contributed by atoms with Crippen LogP contribution in [0, 0.1) is 25.2 Å². The summed E-state index contributed by atoms with van der Waals surface area (Å²) in [4.78, 5) is 15.9. The predicted octanol–water partition coefficient (Wildman–Crippen LogP) is 2.21. The molecule has 0 bridgehead atoms. The second-order valence-corrected chi connectivity index (χ2v) is 4.13. The summed E-state index contributed by atoms with van der Waals surface area (Å²) in [7, 11) is 0. The van der Waals surface area contributed by atoms with E-state index in [0.29, 0.717) is 11.7 Å². The number of nitrogens with zero attached hydrogens (tertiary/aromatic N) is 2. The number of hydrogen-bond donors (Lipinski definition) is 1. The quantitative estimate of drug-likeness (QED) is 0.853. The maximum Gasteiger partial charge on any atom is 0.274 e. The molecule has 1 heterocycles. The van der Waals surface area contributed by atoms with Crippen molar-refractivity contribution < 1.29 is 9.21 Å². The SMILES string of the molecule is Cc1cccc(-c2nc(C(=O)NCC#N)c(C)o2)c1. The van der Waals surface area contributed by atoms with Gasteiger partial charge in [-0.05, 0) is 26.0 Å². The van der Waals surface area contributed by atoms with Crippen molar-refractivity contribution in [2.24, 2.45) is 0 Å². The lowest BCUT2D eigenvalue weighted by atomic mass is 10.1. The van der Waals surface area contributed by atoms with Crippen molar-refractivity contribution in [2.45, 2.75) is 13.8 Å². The molecule has 0 radical (unpaired) electrons. The molecular formula is C14H13N3O2. The molecule has 0 atom stereocenters. The normalized spacial score (nSPS) is 9.95. The minimum Gasteiger partial charge on any atom is -0.441 e. The Morgan fingerprint density at radius 1 is 1.47 bits per heavy atom. The van der Waals surface area contributed by atoms with E-state index in [1.165, 1.54) is 0 Å². The monoisotopic (exact) mass is 255 g/mol. The first kappa shape index (κ1) is 12.8. The third-order valence-corrected chi connectivity index (χ3v) is 2.60. The first-order valence-corrected chi connectivity index (χ1v) is 5.81. The Balaban J connectivity index is 2.31. The summed E-state index contributed by atoms with van der Waals surface area (Å²) in [6.45, 7) is 3.60. The second-order valence-electron chi connectivity index (χ2n) is 4.13. The average molecular weight is 255 g/mol. The first-order chi connectivity index (χ1) is 9.11. The maximum absolute atomic E-state index is 11.8. The number of carbonyl (C=O) groups excluding carboxylic acids is 1. The van der Waals surface area contributed by atoms with Crippen molar-refractivity contribution in [3.63, 3.8) is 0 Å². The van der Waals surface area contributed by atoms with Crippen LogP contribution in [0.5, 0.6) is 0 Å². The van der Waals surface area contributed by atoms with Gasteiger partial charge in [0.1, 0.15) is 12.3 Å². The van der Waals surface area contributed by atoms with Gasteiger partial charge < -0.3 is 9.73 Å². The second kappa shape index (κ2) is 5.36. The van der Waals surface area contributed by atoms with E-state index >= 15 is 0 Å². The van der Waals surface area contributed by atoms with E-state index in [4.69, 9.17) is 9.68 Å². The Morgan fingerprint density at radius 2 is 2.26 bits per heavy atom. The number of amides is 1. The highest BCUT2D eigenvalue weighted by Crippen LogP contribution is 2.22. The van der Waals surface area contributed by atoms with Crippen LogP contribution in [0.25, 0.3) is 11.5 Å². The van der Waals surface area contributed by atoms with E-state index in [1.54, 1.807) is 6.92 Å². The summed E-state index contributed by atoms with van der Waals surface area (Å²) in [5.41, 5.74) is 2.12. The van der Waals surface area contributed by atoms with Crippen LogP contribution in [0.2, 0.25) is 0 Å². The zero-order chi connectivity index (χ0) is 13.8. The van der Waals surface area contributed by atoms with E-state index in [2.05, 4.69) is 10.3 Å². The fourth-order valence-electron chi connectivity index (χ4n) is 1.71. The predicted molar refractivity (Wildman–Crippen MR) is 69.4 cm³/mol. The number of carbonyl (C=O) groups is 1. The van der Waals surface area contributed by atoms with E-state index in [9.17, 15) is 4.79 Å². The lowest BCUT2D eigenvalue weighted by molar-refractivity contribution is 0.0952. The van der Waals surface area contributed by atoms with Crippen LogP contribution in [-0.2, 0) is 0 Å². The molecule has 0 aliphatic heterocycles. The highest BCUT2D eigenvalue weighted by molar-refractivity contribution is 5.93. The number of hydrogen-bond acceptors (Lipinski definition) is 4. The van der Waals surface area contributed by atoms with E-state index < -0.39 is 5.91 Å². The summed E-state index contributed by atoms with van der Waals surface area (Å²) in [5, 5.41) is 10.9. The van der Waals surface area contributed by atoms with E-state index in [-0.39, 0.29) is 12.2 Å². The van der Waals surface area contributed by atoms with Crippen molar-refractivity contribution in [3.8, 4) is 17.5 Å². The van der Waals surface area contributed by atoms with Gasteiger partial charge in [-0.25, -0.2) is 4.98 Å². The molecule has 19 heavy (non-hydrogen) atoms. The lowest BCUT2D eigenvalue weighted by Gasteiger charge is -1.96. The van der Waals surface area contributed by atoms with Gasteiger partial charge in [-0.15, -0.1) is 0 Å². The standard InChI is InChI=1S/C14H13N3O2/c1-9-4-3-5-11(8-9)14-17-12(10(2)19-14)13(18)16-7-6-15/h3-5,8H,7H2,1-2H3,(H,16,18). The molecule has 0 saturated heterocycles. The highest BCUT2D eigenvalue weighted by atomic mass is 16.4. The number of nitrogens with one attached hydrogen (secondary N) is 1. The Hall–Kier alpha value is -2.61. The molecule has 0 spiro atoms. The summed E-state index contributed by atoms with van der Waals surface area (Å²) < 4.78 is 5.50. The molecule has 5 nitrogen and oxygen atoms in total. The van der Waals surface area contributed by atoms with Crippen LogP contribution in [0.4, 0.5) is 0 Å². The third kappa shape index (κ3) is 2.80. The van der Waals surface area contributed by atoms with Gasteiger partial charge in [0.25, 0.3) is 5.91 Å². The van der Waals surface area contributed by atoms with Crippen LogP contribution in [0.15, 0.2) is 28.7 Å². The molecule has 1 aromatic carbocycles. The smallest absolute Gasteiger partial charge is 0.274 e. The summed E-state index contributed by atoms with van der Waals surface area (Å²) >= 11 is 0. The number of nitriles is 1. The molecule has 0 unspecified atom stereocenters. The molecule has 1 amide bonds. The van der Waals surface area contributed by atoms with Gasteiger partial charge in [0.2, 0.25) is 5.89 Å². The molecule has 2 rings (SSSR count). The molecule has 0 saturated carbocycles. The molecule has 0 aliphatic rings. The van der Waals surface area contributed by atoms with Crippen molar-refractivity contribution >= 4 is 5.91 Å².